The molecule has 1 saturated heterocycles. The lowest BCUT2D eigenvalue weighted by Gasteiger charge is -2.15. The minimum atomic E-state index is -3.95. The number of sulfonamides is 1. The van der Waals surface area contributed by atoms with Crippen molar-refractivity contribution in [1.29, 1.82) is 5.26 Å². The Morgan fingerprint density at radius 3 is 2.67 bits per heavy atom. The van der Waals surface area contributed by atoms with Crippen molar-refractivity contribution in [3.05, 3.63) is 29.6 Å². The molecule has 1 heterocycles. The first-order valence-electron chi connectivity index (χ1n) is 6.41. The van der Waals surface area contributed by atoms with Crippen LogP contribution < -0.4 is 4.72 Å². The zero-order valence-electron chi connectivity index (χ0n) is 11.2. The van der Waals surface area contributed by atoms with Gasteiger partial charge < -0.3 is 4.90 Å². The molecule has 2 rings (SSSR count). The quantitative estimate of drug-likeness (QED) is 0.881. The van der Waals surface area contributed by atoms with Gasteiger partial charge in [-0.15, -0.1) is 0 Å². The molecule has 0 spiro atoms. The van der Waals surface area contributed by atoms with E-state index in [0.717, 1.165) is 31.0 Å². The van der Waals surface area contributed by atoms with Crippen LogP contribution in [0, 0.1) is 17.1 Å². The second-order valence-electron chi connectivity index (χ2n) is 4.67. The number of nitrogens with one attached hydrogen (secondary N) is 1. The fourth-order valence-corrected chi connectivity index (χ4v) is 3.08. The summed E-state index contributed by atoms with van der Waals surface area (Å²) in [7, 11) is -3.95. The Balaban J connectivity index is 2.08. The van der Waals surface area contributed by atoms with Crippen molar-refractivity contribution >= 4 is 15.9 Å². The summed E-state index contributed by atoms with van der Waals surface area (Å²) < 4.78 is 39.4. The monoisotopic (exact) mass is 311 g/mol. The number of amides is 1. The molecule has 0 unspecified atom stereocenters. The molecule has 1 fully saturated rings. The Hall–Kier alpha value is -1.98. The highest BCUT2D eigenvalue weighted by Gasteiger charge is 2.21. The average molecular weight is 311 g/mol. The summed E-state index contributed by atoms with van der Waals surface area (Å²) in [6.45, 7) is 0.924. The maximum absolute atomic E-state index is 13.2. The number of carbonyl (C=O) groups excluding carboxylic acids is 1. The van der Waals surface area contributed by atoms with Crippen molar-refractivity contribution in [3.8, 4) is 6.07 Å². The van der Waals surface area contributed by atoms with E-state index >= 15 is 0 Å². The lowest BCUT2D eigenvalue weighted by molar-refractivity contribution is -0.128. The third kappa shape index (κ3) is 3.56. The van der Waals surface area contributed by atoms with Gasteiger partial charge in [0.25, 0.3) is 0 Å². The average Bonchev–Trinajstić information content (AvgIpc) is 2.99. The standard InChI is InChI=1S/C13H14FN3O3S/c14-12-4-3-11(7-10(12)8-15)21(19,20)16-9-13(18)17-5-1-2-6-17/h3-4,7,16H,1-2,5-6,9H2. The van der Waals surface area contributed by atoms with Crippen LogP contribution in [0.4, 0.5) is 4.39 Å². The molecule has 112 valence electrons. The number of carbonyl (C=O) groups is 1. The van der Waals surface area contributed by atoms with Crippen molar-refractivity contribution in [1.82, 2.24) is 9.62 Å². The zero-order chi connectivity index (χ0) is 15.5. The Bertz CT molecular complexity index is 691. The second kappa shape index (κ2) is 6.20. The molecule has 0 atom stereocenters. The molecule has 1 amide bonds. The first kappa shape index (κ1) is 15.4. The lowest BCUT2D eigenvalue weighted by Crippen LogP contribution is -2.38. The van der Waals surface area contributed by atoms with E-state index in [4.69, 9.17) is 5.26 Å². The molecule has 0 saturated carbocycles. The number of nitrogens with zero attached hydrogens (tertiary/aromatic N) is 2. The predicted molar refractivity (Wildman–Crippen MR) is 72.1 cm³/mol. The fourth-order valence-electron chi connectivity index (χ4n) is 2.08. The van der Waals surface area contributed by atoms with Crippen LogP contribution in [0.5, 0.6) is 0 Å². The topological polar surface area (TPSA) is 90.3 Å². The number of hydrogen-bond acceptors (Lipinski definition) is 4. The summed E-state index contributed by atoms with van der Waals surface area (Å²) >= 11 is 0. The van der Waals surface area contributed by atoms with E-state index in [9.17, 15) is 17.6 Å². The van der Waals surface area contributed by atoms with Crippen LogP contribution in [0.1, 0.15) is 18.4 Å². The second-order valence-corrected chi connectivity index (χ2v) is 6.43. The molecular formula is C13H14FN3O3S. The van der Waals surface area contributed by atoms with Crippen molar-refractivity contribution in [2.45, 2.75) is 17.7 Å². The molecule has 6 nitrogen and oxygen atoms in total. The summed E-state index contributed by atoms with van der Waals surface area (Å²) in [5.41, 5.74) is -0.358. The van der Waals surface area contributed by atoms with E-state index in [1.807, 2.05) is 0 Å². The number of nitriles is 1. The van der Waals surface area contributed by atoms with E-state index in [0.29, 0.717) is 13.1 Å². The van der Waals surface area contributed by atoms with Gasteiger partial charge in [-0.2, -0.15) is 5.26 Å². The molecule has 0 aromatic heterocycles. The van der Waals surface area contributed by atoms with Gasteiger partial charge in [0.15, 0.2) is 0 Å². The van der Waals surface area contributed by atoms with Gasteiger partial charge in [-0.1, -0.05) is 0 Å². The molecule has 1 N–H and O–H groups in total. The van der Waals surface area contributed by atoms with Gasteiger partial charge in [0.2, 0.25) is 15.9 Å². The number of benzene rings is 1. The van der Waals surface area contributed by atoms with Crippen LogP contribution in [0.15, 0.2) is 23.1 Å². The van der Waals surface area contributed by atoms with Crippen LogP contribution >= 0.6 is 0 Å². The Morgan fingerprint density at radius 1 is 1.38 bits per heavy atom. The Kier molecular flexibility index (Phi) is 4.55. The molecule has 8 heteroatoms. The van der Waals surface area contributed by atoms with Gasteiger partial charge in [0.1, 0.15) is 11.9 Å². The van der Waals surface area contributed by atoms with Gasteiger partial charge in [-0.25, -0.2) is 17.5 Å². The molecule has 1 aromatic carbocycles. The third-order valence-electron chi connectivity index (χ3n) is 3.24. The third-order valence-corrected chi connectivity index (χ3v) is 4.64. The first-order valence-corrected chi connectivity index (χ1v) is 7.89. The lowest BCUT2D eigenvalue weighted by atomic mass is 10.2. The Morgan fingerprint density at radius 2 is 2.05 bits per heavy atom. The maximum Gasteiger partial charge on any atom is 0.241 e. The maximum atomic E-state index is 13.2. The van der Waals surface area contributed by atoms with E-state index in [1.165, 1.54) is 0 Å². The van der Waals surface area contributed by atoms with Crippen LogP contribution in [-0.2, 0) is 14.8 Å². The summed E-state index contributed by atoms with van der Waals surface area (Å²) in [5.74, 6) is -1.08. The summed E-state index contributed by atoms with van der Waals surface area (Å²) in [6.07, 6.45) is 1.84. The number of hydrogen-bond donors (Lipinski definition) is 1. The first-order chi connectivity index (χ1) is 9.94. The smallest absolute Gasteiger partial charge is 0.241 e. The fraction of sp³-hybridized carbons (Fsp3) is 0.385. The van der Waals surface area contributed by atoms with Gasteiger partial charge in [0.05, 0.1) is 17.0 Å². The van der Waals surface area contributed by atoms with Crippen molar-refractivity contribution in [2.75, 3.05) is 19.6 Å². The molecule has 0 bridgehead atoms. The summed E-state index contributed by atoms with van der Waals surface area (Å²) in [4.78, 5) is 13.1. The van der Waals surface area contributed by atoms with Crippen LogP contribution in [0.25, 0.3) is 0 Å². The van der Waals surface area contributed by atoms with Crippen molar-refractivity contribution in [3.63, 3.8) is 0 Å². The highest BCUT2D eigenvalue weighted by molar-refractivity contribution is 7.89. The largest absolute Gasteiger partial charge is 0.342 e. The van der Waals surface area contributed by atoms with E-state index in [1.54, 1.807) is 11.0 Å². The SMILES string of the molecule is N#Cc1cc(S(=O)(=O)NCC(=O)N2CCCC2)ccc1F. The van der Waals surface area contributed by atoms with Crippen LogP contribution in [-0.4, -0.2) is 38.9 Å². The molecule has 1 aliphatic rings. The van der Waals surface area contributed by atoms with Gasteiger partial charge in [-0.3, -0.25) is 4.79 Å². The van der Waals surface area contributed by atoms with E-state index < -0.39 is 15.8 Å². The predicted octanol–water partition coefficient (Wildman–Crippen LogP) is 0.598. The van der Waals surface area contributed by atoms with Crippen LogP contribution in [0.3, 0.4) is 0 Å². The highest BCUT2D eigenvalue weighted by atomic mass is 32.2. The highest BCUT2D eigenvalue weighted by Crippen LogP contribution is 2.14. The number of likely N-dealkylation sites (tertiary alicyclic amines) is 1. The summed E-state index contributed by atoms with van der Waals surface area (Å²) in [5, 5.41) is 8.70. The van der Waals surface area contributed by atoms with Gasteiger partial charge in [-0.05, 0) is 31.0 Å². The van der Waals surface area contributed by atoms with Crippen LogP contribution in [0.2, 0.25) is 0 Å². The molecule has 0 aliphatic carbocycles. The zero-order valence-corrected chi connectivity index (χ0v) is 12.0. The molecule has 1 aliphatic heterocycles. The minimum absolute atomic E-state index is 0.241. The molecular weight excluding hydrogens is 297 g/mol. The van der Waals surface area contributed by atoms with Crippen molar-refractivity contribution < 1.29 is 17.6 Å². The van der Waals surface area contributed by atoms with Crippen molar-refractivity contribution in [2.24, 2.45) is 0 Å². The molecule has 21 heavy (non-hydrogen) atoms. The number of halogens is 1. The summed E-state index contributed by atoms with van der Waals surface area (Å²) in [6, 6.07) is 4.48. The van der Waals surface area contributed by atoms with E-state index in [2.05, 4.69) is 4.72 Å². The van der Waals surface area contributed by atoms with Gasteiger partial charge >= 0.3 is 0 Å². The number of rotatable bonds is 4. The Labute approximate surface area is 122 Å². The van der Waals surface area contributed by atoms with E-state index in [-0.39, 0.29) is 22.9 Å². The molecule has 0 radical (unpaired) electrons. The normalized spacial score (nSPS) is 15.0. The minimum Gasteiger partial charge on any atom is -0.342 e. The van der Waals surface area contributed by atoms with Gasteiger partial charge in [0, 0.05) is 13.1 Å². The molecule has 1 aromatic rings.